The fraction of sp³-hybridized carbons (Fsp3) is 0.846. The van der Waals surface area contributed by atoms with Crippen LogP contribution in [0.25, 0.3) is 0 Å². The number of hydrogen-bond donors (Lipinski definition) is 0. The van der Waals surface area contributed by atoms with Gasteiger partial charge in [0.1, 0.15) is 5.78 Å². The van der Waals surface area contributed by atoms with Crippen LogP contribution in [-0.4, -0.2) is 36.2 Å². The van der Waals surface area contributed by atoms with Crippen molar-refractivity contribution in [3.63, 3.8) is 0 Å². The van der Waals surface area contributed by atoms with Gasteiger partial charge in [0.2, 0.25) is 0 Å². The van der Waals surface area contributed by atoms with Crippen LogP contribution in [0.4, 0.5) is 0 Å². The average Bonchev–Trinajstić information content (AvgIpc) is 2.14. The maximum Gasteiger partial charge on any atom is 0.133 e. The van der Waals surface area contributed by atoms with Crippen molar-refractivity contribution in [3.05, 3.63) is 0 Å². The Labute approximate surface area is 98.9 Å². The van der Waals surface area contributed by atoms with Gasteiger partial charge in [0.05, 0.1) is 11.9 Å². The first kappa shape index (κ1) is 13.2. The van der Waals surface area contributed by atoms with Crippen molar-refractivity contribution in [2.24, 2.45) is 10.9 Å². The van der Waals surface area contributed by atoms with E-state index in [0.717, 1.165) is 25.8 Å². The van der Waals surface area contributed by atoms with Gasteiger partial charge in [-0.15, -0.1) is 0 Å². The molecule has 0 aromatic carbocycles. The van der Waals surface area contributed by atoms with E-state index in [1.807, 2.05) is 13.4 Å². The second-order valence-electron chi connectivity index (χ2n) is 5.86. The molecule has 0 aromatic rings. The van der Waals surface area contributed by atoms with Crippen molar-refractivity contribution in [3.8, 4) is 0 Å². The van der Waals surface area contributed by atoms with Gasteiger partial charge in [-0.05, 0) is 39.5 Å². The fourth-order valence-corrected chi connectivity index (χ4v) is 2.00. The van der Waals surface area contributed by atoms with Gasteiger partial charge >= 0.3 is 0 Å². The molecule has 0 radical (unpaired) electrons. The molecule has 1 aliphatic carbocycles. The summed E-state index contributed by atoms with van der Waals surface area (Å²) in [5, 5.41) is 0. The zero-order valence-electron chi connectivity index (χ0n) is 11.0. The van der Waals surface area contributed by atoms with Gasteiger partial charge in [-0.1, -0.05) is 0 Å². The Morgan fingerprint density at radius 2 is 2.19 bits per heavy atom. The maximum atomic E-state index is 11.3. The molecule has 0 N–H and O–H groups in total. The topological polar surface area (TPSA) is 32.7 Å². The van der Waals surface area contributed by atoms with Gasteiger partial charge in [-0.25, -0.2) is 0 Å². The summed E-state index contributed by atoms with van der Waals surface area (Å²) in [7, 11) is 2.04. The summed E-state index contributed by atoms with van der Waals surface area (Å²) in [6.45, 7) is 7.20. The summed E-state index contributed by atoms with van der Waals surface area (Å²) < 4.78 is 0. The summed E-state index contributed by atoms with van der Waals surface area (Å²) in [6.07, 6.45) is 5.69. The van der Waals surface area contributed by atoms with Crippen LogP contribution in [0.2, 0.25) is 0 Å². The summed E-state index contributed by atoms with van der Waals surface area (Å²) in [6, 6.07) is 0. The number of carbonyl (C=O) groups excluding carboxylic acids is 1. The molecule has 1 aliphatic rings. The Bertz CT molecular complexity index is 266. The van der Waals surface area contributed by atoms with Crippen molar-refractivity contribution in [1.82, 2.24) is 4.90 Å². The van der Waals surface area contributed by atoms with Crippen LogP contribution in [0.3, 0.4) is 0 Å². The lowest BCUT2D eigenvalue weighted by atomic mass is 9.88. The van der Waals surface area contributed by atoms with Crippen molar-refractivity contribution in [1.29, 1.82) is 0 Å². The van der Waals surface area contributed by atoms with E-state index < -0.39 is 0 Å². The predicted molar refractivity (Wildman–Crippen MR) is 67.8 cm³/mol. The number of ketones is 1. The molecule has 3 heteroatoms. The Morgan fingerprint density at radius 3 is 2.75 bits per heavy atom. The Hall–Kier alpha value is -0.860. The van der Waals surface area contributed by atoms with Crippen LogP contribution in [0.5, 0.6) is 0 Å². The third-order valence-electron chi connectivity index (χ3n) is 2.77. The minimum absolute atomic E-state index is 0.0172. The zero-order chi connectivity index (χ0) is 12.2. The summed E-state index contributed by atoms with van der Waals surface area (Å²) in [5.74, 6) is 0.954. The van der Waals surface area contributed by atoms with Gasteiger partial charge in [-0.2, -0.15) is 0 Å². The molecule has 1 atom stereocenters. The molecule has 0 amide bonds. The summed E-state index contributed by atoms with van der Waals surface area (Å²) in [4.78, 5) is 17.9. The molecule has 0 bridgehead atoms. The molecule has 1 fully saturated rings. The van der Waals surface area contributed by atoms with E-state index in [2.05, 4.69) is 30.7 Å². The molecule has 0 aliphatic heterocycles. The lowest BCUT2D eigenvalue weighted by Gasteiger charge is -2.25. The van der Waals surface area contributed by atoms with Gasteiger partial charge in [0, 0.05) is 26.4 Å². The van der Waals surface area contributed by atoms with Crippen molar-refractivity contribution >= 4 is 12.1 Å². The fourth-order valence-electron chi connectivity index (χ4n) is 2.00. The highest BCUT2D eigenvalue weighted by Gasteiger charge is 2.20. The molecule has 0 spiro atoms. The summed E-state index contributed by atoms with van der Waals surface area (Å²) in [5.41, 5.74) is -0.0172. The van der Waals surface area contributed by atoms with E-state index in [1.165, 1.54) is 6.42 Å². The molecule has 1 unspecified atom stereocenters. The van der Waals surface area contributed by atoms with Crippen LogP contribution in [0, 0.1) is 5.92 Å². The van der Waals surface area contributed by atoms with E-state index in [9.17, 15) is 4.79 Å². The van der Waals surface area contributed by atoms with Crippen LogP contribution in [0.15, 0.2) is 4.99 Å². The first-order chi connectivity index (χ1) is 7.37. The number of nitrogens with zero attached hydrogens (tertiary/aromatic N) is 2. The second-order valence-corrected chi connectivity index (χ2v) is 5.86. The molecule has 1 rings (SSSR count). The van der Waals surface area contributed by atoms with Gasteiger partial charge in [-0.3, -0.25) is 9.79 Å². The number of hydrogen-bond acceptors (Lipinski definition) is 2. The molecule has 0 heterocycles. The van der Waals surface area contributed by atoms with E-state index in [0.29, 0.717) is 11.7 Å². The van der Waals surface area contributed by atoms with Crippen LogP contribution >= 0.6 is 0 Å². The number of rotatable bonds is 3. The lowest BCUT2D eigenvalue weighted by molar-refractivity contribution is -0.121. The van der Waals surface area contributed by atoms with Crippen LogP contribution in [-0.2, 0) is 4.79 Å². The van der Waals surface area contributed by atoms with E-state index in [4.69, 9.17) is 0 Å². The number of Topliss-reactive ketones (excluding diaryl/α,β-unsaturated/α-hetero) is 1. The SMILES string of the molecule is CN(C=NC(C)(C)C)CC1CCCC(=O)C1. The van der Waals surface area contributed by atoms with Gasteiger partial charge < -0.3 is 4.90 Å². The summed E-state index contributed by atoms with van der Waals surface area (Å²) >= 11 is 0. The zero-order valence-corrected chi connectivity index (χ0v) is 11.0. The van der Waals surface area contributed by atoms with Crippen molar-refractivity contribution in [2.75, 3.05) is 13.6 Å². The molecule has 0 saturated heterocycles. The van der Waals surface area contributed by atoms with Gasteiger partial charge in [0.25, 0.3) is 0 Å². The Kier molecular flexibility index (Phi) is 4.51. The number of aliphatic imine (C=N–C) groups is 1. The standard InChI is InChI=1S/C13H24N2O/c1-13(2,3)14-10-15(4)9-11-6-5-7-12(16)8-11/h10-11H,5-9H2,1-4H3. The Balaban J connectivity index is 2.36. The van der Waals surface area contributed by atoms with Crippen molar-refractivity contribution < 1.29 is 4.79 Å². The normalized spacial score (nSPS) is 22.8. The third-order valence-corrected chi connectivity index (χ3v) is 2.77. The highest BCUT2D eigenvalue weighted by molar-refractivity contribution is 5.79. The molecule has 3 nitrogen and oxygen atoms in total. The van der Waals surface area contributed by atoms with Gasteiger partial charge in [0.15, 0.2) is 0 Å². The largest absolute Gasteiger partial charge is 0.366 e. The first-order valence-corrected chi connectivity index (χ1v) is 6.14. The van der Waals surface area contributed by atoms with E-state index >= 15 is 0 Å². The van der Waals surface area contributed by atoms with E-state index in [1.54, 1.807) is 0 Å². The molecule has 1 saturated carbocycles. The predicted octanol–water partition coefficient (Wildman–Crippen LogP) is 2.50. The minimum Gasteiger partial charge on any atom is -0.366 e. The maximum absolute atomic E-state index is 11.3. The van der Waals surface area contributed by atoms with Crippen molar-refractivity contribution in [2.45, 2.75) is 52.0 Å². The molecule has 92 valence electrons. The van der Waals surface area contributed by atoms with E-state index in [-0.39, 0.29) is 5.54 Å². The second kappa shape index (κ2) is 5.46. The van der Waals surface area contributed by atoms with Crippen LogP contribution in [0.1, 0.15) is 46.5 Å². The average molecular weight is 224 g/mol. The van der Waals surface area contributed by atoms with Crippen LogP contribution < -0.4 is 0 Å². The minimum atomic E-state index is -0.0172. The Morgan fingerprint density at radius 1 is 1.50 bits per heavy atom. The highest BCUT2D eigenvalue weighted by Crippen LogP contribution is 2.21. The number of carbonyl (C=O) groups is 1. The quantitative estimate of drug-likeness (QED) is 0.545. The first-order valence-electron chi connectivity index (χ1n) is 6.14. The third kappa shape index (κ3) is 5.29. The molecule has 0 aromatic heterocycles. The highest BCUT2D eigenvalue weighted by atomic mass is 16.1. The smallest absolute Gasteiger partial charge is 0.133 e. The lowest BCUT2D eigenvalue weighted by Crippen LogP contribution is -2.29. The molecule has 16 heavy (non-hydrogen) atoms. The molecular weight excluding hydrogens is 200 g/mol. The molecular formula is C13H24N2O. The monoisotopic (exact) mass is 224 g/mol.